The second kappa shape index (κ2) is 41.6. The van der Waals surface area contributed by atoms with Gasteiger partial charge in [-0.1, -0.05) is 265 Å². The first-order chi connectivity index (χ1) is 41.9. The molecule has 0 aromatic heterocycles. The van der Waals surface area contributed by atoms with Crippen LogP contribution in [0.25, 0.3) is 0 Å². The first-order valence-electron chi connectivity index (χ1n) is 40.9. The van der Waals surface area contributed by atoms with E-state index in [1.807, 2.05) is 137 Å². The van der Waals surface area contributed by atoms with Crippen LogP contribution in [0.4, 0.5) is 0 Å². The minimum absolute atomic E-state index is 0.384. The van der Waals surface area contributed by atoms with Crippen LogP contribution in [0.15, 0.2) is 12.2 Å². The van der Waals surface area contributed by atoms with Crippen molar-refractivity contribution >= 4 is 5.91 Å². The van der Waals surface area contributed by atoms with Gasteiger partial charge in [0, 0.05) is 19.0 Å². The van der Waals surface area contributed by atoms with Crippen LogP contribution in [0.5, 0.6) is 0 Å². The fraction of sp³-hybridized carbons (Fsp3) is 0.964. The summed E-state index contributed by atoms with van der Waals surface area (Å²) in [6, 6.07) is 0.581. The molecule has 0 radical (unpaired) electrons. The summed E-state index contributed by atoms with van der Waals surface area (Å²) in [5, 5.41) is 0. The first kappa shape index (κ1) is 76.7. The zero-order chi connectivity index (χ0) is 62.6. The molecule has 0 aromatic carbocycles. The molecule has 2 aliphatic heterocycles. The first-order valence-corrected chi connectivity index (χ1v) is 40.9. The van der Waals surface area contributed by atoms with E-state index in [4.69, 9.17) is 0 Å². The molecule has 16 bridgehead atoms. The summed E-state index contributed by atoms with van der Waals surface area (Å²) in [5.74, 6) is 27.5. The predicted octanol–water partition coefficient (Wildman–Crippen LogP) is 26.4. The monoisotopic (exact) mass is 1180 g/mol. The van der Waals surface area contributed by atoms with Crippen LogP contribution in [0.3, 0.4) is 0 Å². The smallest absolute Gasteiger partial charge is 0.225 e. The highest BCUT2D eigenvalue weighted by atomic mass is 16.2. The Bertz CT molecular complexity index is 1440. The van der Waals surface area contributed by atoms with Crippen LogP contribution in [0.2, 0.25) is 0 Å². The SMILES string of the molecule is C12C3C4C1C1C2C3C41.C1=CC2CCC1CC2.C1C2CC1C2.C1CC2CC(C1)C2.C1CC2CC1C2.C1CC2CCC(C1)C2.C1CC2CCC1C2.C1CC2CCC1CC2.CC.CC.CC.CC.CC.CC.CC.CC.CC.CN1C(=O)C2CCC1CC2. The average Bonchev–Trinajstić information content (AvgIpc) is 0.721. The number of carbonyl (C=O) groups is 1. The number of amides is 1. The maximum absolute atomic E-state index is 11.3. The molecule has 500 valence electrons. The standard InChI is InChI=1S/C8H13NO.C8H8.C8H14.C8H12.C8H14.2C7H12.C6H10.C5H8.9C2H6/c1-9-7-4-2-6(3-5-7)8(9)10;1-2-5-3(1)7-4(1)6(2)8(5)7;2*1-2-8-5-3-7(1)4-6-8;1-2-7-4-5-8(3-1)6-7;1-2-7-4-3-6(1)5-7;1-2-6-4-7(3-1)5-6;1-2-6-3-5(1)4-6;1-4-2-5(1)3-4;9*1-2/h6-7H,2-5H2,1H3;1-8H;7-8H,1-6H2;1-2,7-8H,3-6H2;7-8H,1-6H2;2*6-7H,1-5H2;5-6H,1-4H2;4-5H,1-3H2;9*1-2H3. The third-order valence-corrected chi connectivity index (χ3v) is 26.1. The van der Waals surface area contributed by atoms with Gasteiger partial charge in [-0.3, -0.25) is 4.79 Å². The zero-order valence-electron chi connectivity index (χ0n) is 61.5. The second-order valence-corrected chi connectivity index (χ2v) is 29.6. The lowest BCUT2D eigenvalue weighted by atomic mass is 9.01. The molecule has 0 N–H and O–H groups in total. The number of allylic oxidation sites excluding steroid dienone is 2. The minimum Gasteiger partial charge on any atom is -0.343 e. The summed E-state index contributed by atoms with van der Waals surface area (Å²) in [5.41, 5.74) is 0. The quantitative estimate of drug-likeness (QED) is 0.221. The van der Waals surface area contributed by atoms with E-state index in [1.165, 1.54) is 146 Å². The number of fused-ring (bicyclic) bond motifs is 15. The van der Waals surface area contributed by atoms with Gasteiger partial charge in [0.2, 0.25) is 5.91 Å². The summed E-state index contributed by atoms with van der Waals surface area (Å²) in [6.07, 6.45) is 60.9. The lowest BCUT2D eigenvalue weighted by Gasteiger charge is -3.03. The summed E-state index contributed by atoms with van der Waals surface area (Å²) in [7, 11) is 1.94. The van der Waals surface area contributed by atoms with Gasteiger partial charge in [0.15, 0.2) is 0 Å². The van der Waals surface area contributed by atoms with Crippen LogP contribution in [-0.4, -0.2) is 23.9 Å². The molecular weight excluding hydrogens is 1030 g/mol. The van der Waals surface area contributed by atoms with Crippen LogP contribution >= 0.6 is 0 Å². The fourth-order valence-electron chi connectivity index (χ4n) is 21.2. The van der Waals surface area contributed by atoms with Crippen LogP contribution in [0, 0.1) is 136 Å². The highest BCUT2D eigenvalue weighted by molar-refractivity contribution is 5.80. The van der Waals surface area contributed by atoms with Crippen molar-refractivity contribution in [1.82, 2.24) is 4.90 Å². The summed E-state index contributed by atoms with van der Waals surface area (Å²) in [6.45, 7) is 36.0. The van der Waals surface area contributed by atoms with E-state index in [9.17, 15) is 4.79 Å². The van der Waals surface area contributed by atoms with Crippen molar-refractivity contribution in [3.63, 3.8) is 0 Å². The van der Waals surface area contributed by atoms with Gasteiger partial charge in [-0.15, -0.1) is 0 Å². The number of hydrogen-bond acceptors (Lipinski definition) is 1. The summed E-state index contributed by atoms with van der Waals surface area (Å²) in [4.78, 5) is 13.3. The molecule has 0 spiro atoms. The van der Waals surface area contributed by atoms with Crippen LogP contribution < -0.4 is 0 Å². The Hall–Kier alpha value is -0.790. The fourth-order valence-corrected chi connectivity index (χ4v) is 21.2. The summed E-state index contributed by atoms with van der Waals surface area (Å²) < 4.78 is 0. The molecular formula is C83H157NO. The van der Waals surface area contributed by atoms with Crippen molar-refractivity contribution < 1.29 is 4.79 Å². The largest absolute Gasteiger partial charge is 0.343 e. The number of hydrogen-bond donors (Lipinski definition) is 0. The van der Waals surface area contributed by atoms with E-state index in [0.29, 0.717) is 17.9 Å². The van der Waals surface area contributed by atoms with Gasteiger partial charge in [0.25, 0.3) is 0 Å². The lowest BCUT2D eigenvalue weighted by Crippen LogP contribution is -3.00. The average molecular weight is 1190 g/mol. The number of piperidine rings is 2. The highest BCUT2D eigenvalue weighted by Gasteiger charge is 2.97. The van der Waals surface area contributed by atoms with E-state index in [-0.39, 0.29) is 0 Å². The molecule has 28 aliphatic rings. The molecule has 0 aromatic rings. The second-order valence-electron chi connectivity index (χ2n) is 29.6. The number of carbonyl (C=O) groups excluding carboxylic acids is 1. The predicted molar refractivity (Wildman–Crippen MR) is 379 cm³/mol. The van der Waals surface area contributed by atoms with Gasteiger partial charge in [0.05, 0.1) is 0 Å². The third kappa shape index (κ3) is 19.6. The summed E-state index contributed by atoms with van der Waals surface area (Å²) >= 11 is 0. The molecule has 1 amide bonds. The Balaban J connectivity index is 0.000000199. The normalized spacial score (nSPS) is 42.9. The van der Waals surface area contributed by atoms with Gasteiger partial charge < -0.3 is 4.90 Å². The molecule has 2 atom stereocenters. The highest BCUT2D eigenvalue weighted by Crippen LogP contribution is 3.00. The van der Waals surface area contributed by atoms with Gasteiger partial charge in [-0.2, -0.15) is 0 Å². The van der Waals surface area contributed by atoms with Crippen molar-refractivity contribution in [3.05, 3.63) is 12.2 Å². The maximum Gasteiger partial charge on any atom is 0.225 e. The van der Waals surface area contributed by atoms with Gasteiger partial charge >= 0.3 is 0 Å². The molecule has 2 unspecified atom stereocenters. The van der Waals surface area contributed by atoms with Gasteiger partial charge in [0.1, 0.15) is 0 Å². The molecule has 26 aliphatic carbocycles. The molecule has 2 heteroatoms. The van der Waals surface area contributed by atoms with Gasteiger partial charge in [-0.25, -0.2) is 0 Å². The van der Waals surface area contributed by atoms with E-state index >= 15 is 0 Å². The van der Waals surface area contributed by atoms with E-state index in [2.05, 4.69) is 12.2 Å². The Kier molecular flexibility index (Phi) is 37.6. The topological polar surface area (TPSA) is 20.3 Å². The lowest BCUT2D eigenvalue weighted by molar-refractivity contribution is -0.565. The van der Waals surface area contributed by atoms with Crippen molar-refractivity contribution in [2.24, 2.45) is 136 Å². The molecule has 28 rings (SSSR count). The Morgan fingerprint density at radius 1 is 0.247 bits per heavy atom. The Labute approximate surface area is 536 Å². The van der Waals surface area contributed by atoms with Crippen LogP contribution in [0.1, 0.15) is 362 Å². The third-order valence-electron chi connectivity index (χ3n) is 26.1. The Morgan fingerprint density at radius 2 is 0.447 bits per heavy atom. The molecule has 24 saturated carbocycles. The minimum atomic E-state index is 0.384. The van der Waals surface area contributed by atoms with E-state index in [0.717, 1.165) is 48.3 Å². The Morgan fingerprint density at radius 3 is 0.576 bits per heavy atom. The van der Waals surface area contributed by atoms with Crippen molar-refractivity contribution in [2.75, 3.05) is 7.05 Å². The van der Waals surface area contributed by atoms with Crippen molar-refractivity contribution in [1.29, 1.82) is 0 Å². The number of nitrogens with zero attached hydrogens (tertiary/aromatic N) is 1. The molecule has 2 nitrogen and oxygen atoms in total. The van der Waals surface area contributed by atoms with Crippen molar-refractivity contribution in [3.8, 4) is 0 Å². The van der Waals surface area contributed by atoms with Crippen molar-refractivity contribution in [2.45, 2.75) is 368 Å². The number of rotatable bonds is 0. The molecule has 26 fully saturated rings. The molecule has 2 saturated heterocycles. The van der Waals surface area contributed by atoms with E-state index < -0.39 is 0 Å². The molecule has 85 heavy (non-hydrogen) atoms. The van der Waals surface area contributed by atoms with Gasteiger partial charge in [-0.05, 0) is 239 Å². The van der Waals surface area contributed by atoms with E-state index in [1.54, 1.807) is 173 Å². The molecule has 2 heterocycles. The van der Waals surface area contributed by atoms with Crippen LogP contribution in [-0.2, 0) is 4.79 Å². The maximum atomic E-state index is 11.3. The zero-order valence-corrected chi connectivity index (χ0v) is 61.5.